The van der Waals surface area contributed by atoms with Crippen LogP contribution in [0.5, 0.6) is 0 Å². The molecule has 3 rings (SSSR count). The predicted octanol–water partition coefficient (Wildman–Crippen LogP) is 3.93. The van der Waals surface area contributed by atoms with Crippen LogP contribution in [0.3, 0.4) is 0 Å². The molecule has 0 radical (unpaired) electrons. The number of amides is 1. The summed E-state index contributed by atoms with van der Waals surface area (Å²) in [7, 11) is 1.32. The maximum atomic E-state index is 13.6. The molecule has 1 unspecified atom stereocenters. The molecule has 1 aliphatic rings. The van der Waals surface area contributed by atoms with Crippen LogP contribution in [0.25, 0.3) is 0 Å². The summed E-state index contributed by atoms with van der Waals surface area (Å²) in [5, 5.41) is 7.44. The molecule has 1 amide bonds. The number of nitrogens with zero attached hydrogens (tertiary/aromatic N) is 4. The summed E-state index contributed by atoms with van der Waals surface area (Å²) < 4.78 is 46.9. The molecule has 0 saturated carbocycles. The minimum absolute atomic E-state index is 0.0705. The summed E-state index contributed by atoms with van der Waals surface area (Å²) in [6.07, 6.45) is -1.43. The first kappa shape index (κ1) is 21.2. The molecule has 0 aliphatic carbocycles. The number of rotatable bonds is 3. The minimum Gasteiger partial charge on any atom is -0.370 e. The molecule has 1 saturated heterocycles. The van der Waals surface area contributed by atoms with E-state index in [-0.39, 0.29) is 29.6 Å². The maximum Gasteiger partial charge on any atom is 0.418 e. The highest BCUT2D eigenvalue weighted by Gasteiger charge is 2.46. The molecule has 150 valence electrons. The molecule has 28 heavy (non-hydrogen) atoms. The molecule has 0 spiro atoms. The monoisotopic (exact) mass is 526 g/mol. The second-order valence-electron chi connectivity index (χ2n) is 6.34. The number of pyridine rings is 1. The van der Waals surface area contributed by atoms with Gasteiger partial charge in [-0.15, -0.1) is 5.10 Å². The average molecular weight is 527 g/mol. The molecule has 3 heterocycles. The molecule has 2 aromatic heterocycles. The van der Waals surface area contributed by atoms with E-state index in [2.05, 4.69) is 15.2 Å². The van der Waals surface area contributed by atoms with Crippen molar-refractivity contribution < 1.29 is 22.7 Å². The summed E-state index contributed by atoms with van der Waals surface area (Å²) in [4.78, 5) is 18.3. The van der Waals surface area contributed by atoms with Crippen LogP contribution < -0.4 is 0 Å². The molecule has 6 nitrogen and oxygen atoms in total. The Labute approximate surface area is 177 Å². The molecule has 0 bridgehead atoms. The van der Waals surface area contributed by atoms with Gasteiger partial charge in [-0.2, -0.15) is 18.3 Å². The number of piperidine rings is 1. The van der Waals surface area contributed by atoms with Crippen molar-refractivity contribution in [1.82, 2.24) is 20.1 Å². The number of hydrogen-bond acceptors (Lipinski definition) is 5. The van der Waals surface area contributed by atoms with Crippen LogP contribution in [-0.2, 0) is 16.5 Å². The molecule has 11 heteroatoms. The highest BCUT2D eigenvalue weighted by Crippen LogP contribution is 2.42. The molecular weight excluding hydrogens is 512 g/mol. The van der Waals surface area contributed by atoms with Gasteiger partial charge in [-0.1, -0.05) is 11.6 Å². The number of aromatic nitrogens is 3. The van der Waals surface area contributed by atoms with Gasteiger partial charge in [-0.25, -0.2) is 0 Å². The largest absolute Gasteiger partial charge is 0.418 e. The summed E-state index contributed by atoms with van der Waals surface area (Å²) in [5.74, 6) is -0.350. The zero-order chi connectivity index (χ0) is 20.5. The fourth-order valence-corrected chi connectivity index (χ4v) is 3.93. The molecule has 2 aromatic rings. The standard InChI is InChI=1S/C17H15ClF3IN4O2/c1-28-16(14-12(17(19,20)21)6-11(18)8-23-14)3-2-4-26(9-16)15(27)10-5-13(22)25-24-7-10/h5-8H,2-4,9H2,1H3. The van der Waals surface area contributed by atoms with Gasteiger partial charge in [0.05, 0.1) is 34.6 Å². The molecule has 0 N–H and O–H groups in total. The normalized spacial score (nSPS) is 20.3. The highest BCUT2D eigenvalue weighted by atomic mass is 127. The van der Waals surface area contributed by atoms with Crippen molar-refractivity contribution in [3.8, 4) is 0 Å². The Morgan fingerprint density at radius 3 is 2.75 bits per heavy atom. The van der Waals surface area contributed by atoms with Crippen LogP contribution in [0, 0.1) is 3.70 Å². The lowest BCUT2D eigenvalue weighted by atomic mass is 9.86. The van der Waals surface area contributed by atoms with Crippen LogP contribution in [0.1, 0.15) is 34.5 Å². The Morgan fingerprint density at radius 1 is 1.36 bits per heavy atom. The number of alkyl halides is 3. The Kier molecular flexibility index (Phi) is 6.11. The molecule has 1 fully saturated rings. The molecule has 0 aromatic carbocycles. The highest BCUT2D eigenvalue weighted by molar-refractivity contribution is 14.1. The van der Waals surface area contributed by atoms with Crippen molar-refractivity contribution in [2.45, 2.75) is 24.6 Å². The van der Waals surface area contributed by atoms with Crippen molar-refractivity contribution >= 4 is 40.1 Å². The number of likely N-dealkylation sites (tertiary alicyclic amines) is 1. The number of methoxy groups -OCH3 is 1. The molecule has 1 atom stereocenters. The van der Waals surface area contributed by atoms with Crippen LogP contribution in [0.15, 0.2) is 24.5 Å². The van der Waals surface area contributed by atoms with Crippen molar-refractivity contribution in [2.75, 3.05) is 20.2 Å². The van der Waals surface area contributed by atoms with Crippen LogP contribution >= 0.6 is 34.2 Å². The van der Waals surface area contributed by atoms with Gasteiger partial charge in [0, 0.05) is 19.9 Å². The van der Waals surface area contributed by atoms with Crippen LogP contribution in [0.4, 0.5) is 13.2 Å². The lowest BCUT2D eigenvalue weighted by molar-refractivity contribution is -0.143. The van der Waals surface area contributed by atoms with Gasteiger partial charge in [-0.3, -0.25) is 9.78 Å². The number of halogens is 5. The average Bonchev–Trinajstić information content (AvgIpc) is 2.66. The third-order valence-corrected chi connectivity index (χ3v) is 5.33. The number of ether oxygens (including phenoxy) is 1. The van der Waals surface area contributed by atoms with E-state index in [4.69, 9.17) is 16.3 Å². The maximum absolute atomic E-state index is 13.6. The minimum atomic E-state index is -4.66. The topological polar surface area (TPSA) is 68.2 Å². The van der Waals surface area contributed by atoms with Crippen LogP contribution in [-0.4, -0.2) is 46.2 Å². The second-order valence-corrected chi connectivity index (χ2v) is 7.88. The number of carbonyl (C=O) groups is 1. The van der Waals surface area contributed by atoms with Gasteiger partial charge in [0.25, 0.3) is 5.91 Å². The Morgan fingerprint density at radius 2 is 2.11 bits per heavy atom. The van der Waals surface area contributed by atoms with E-state index in [1.165, 1.54) is 18.2 Å². The van der Waals surface area contributed by atoms with E-state index in [1.807, 2.05) is 22.6 Å². The first-order valence-electron chi connectivity index (χ1n) is 8.22. The molecule has 1 aliphatic heterocycles. The van der Waals surface area contributed by atoms with Gasteiger partial charge in [-0.05, 0) is 47.6 Å². The summed E-state index contributed by atoms with van der Waals surface area (Å²) >= 11 is 7.68. The van der Waals surface area contributed by atoms with E-state index in [0.29, 0.717) is 22.2 Å². The van der Waals surface area contributed by atoms with E-state index in [0.717, 1.165) is 12.3 Å². The van der Waals surface area contributed by atoms with Crippen molar-refractivity contribution in [3.63, 3.8) is 0 Å². The lowest BCUT2D eigenvalue weighted by Crippen LogP contribution is -2.50. The molecular formula is C17H15ClF3IN4O2. The van der Waals surface area contributed by atoms with Gasteiger partial charge in [0.15, 0.2) is 0 Å². The van der Waals surface area contributed by atoms with Gasteiger partial charge < -0.3 is 9.64 Å². The Hall–Kier alpha value is -1.53. The van der Waals surface area contributed by atoms with Crippen molar-refractivity contribution in [1.29, 1.82) is 0 Å². The van der Waals surface area contributed by atoms with Gasteiger partial charge >= 0.3 is 6.18 Å². The fraction of sp³-hybridized carbons (Fsp3) is 0.412. The third-order valence-electron chi connectivity index (χ3n) is 4.60. The van der Waals surface area contributed by atoms with Crippen molar-refractivity contribution in [2.24, 2.45) is 0 Å². The zero-order valence-electron chi connectivity index (χ0n) is 14.6. The van der Waals surface area contributed by atoms with Crippen LogP contribution in [0.2, 0.25) is 5.02 Å². The predicted molar refractivity (Wildman–Crippen MR) is 103 cm³/mol. The van der Waals surface area contributed by atoms with E-state index >= 15 is 0 Å². The second kappa shape index (κ2) is 8.07. The first-order valence-corrected chi connectivity index (χ1v) is 9.68. The van der Waals surface area contributed by atoms with Gasteiger partial charge in [0.2, 0.25) is 0 Å². The van der Waals surface area contributed by atoms with E-state index in [1.54, 1.807) is 6.07 Å². The fourth-order valence-electron chi connectivity index (χ4n) is 3.31. The third kappa shape index (κ3) is 4.23. The van der Waals surface area contributed by atoms with E-state index < -0.39 is 17.3 Å². The van der Waals surface area contributed by atoms with E-state index in [9.17, 15) is 18.0 Å². The SMILES string of the molecule is COC1(c2ncc(Cl)cc2C(F)(F)F)CCCN(C(=O)c2cnnc(I)c2)C1. The smallest absolute Gasteiger partial charge is 0.370 e. The van der Waals surface area contributed by atoms with Gasteiger partial charge in [0.1, 0.15) is 9.30 Å². The summed E-state index contributed by atoms with van der Waals surface area (Å²) in [6, 6.07) is 2.40. The quantitative estimate of drug-likeness (QED) is 0.567. The van der Waals surface area contributed by atoms with Crippen molar-refractivity contribution in [3.05, 3.63) is 50.1 Å². The Bertz CT molecular complexity index is 899. The Balaban J connectivity index is 1.99. The summed E-state index contributed by atoms with van der Waals surface area (Å²) in [6.45, 7) is 0.316. The first-order chi connectivity index (χ1) is 13.2. The zero-order valence-corrected chi connectivity index (χ0v) is 17.5. The lowest BCUT2D eigenvalue weighted by Gasteiger charge is -2.42. The number of carbonyl (C=O) groups excluding carboxylic acids is 1. The number of hydrogen-bond donors (Lipinski definition) is 0. The summed E-state index contributed by atoms with van der Waals surface area (Å²) in [5.41, 5.74) is -2.31.